The van der Waals surface area contributed by atoms with Crippen molar-refractivity contribution in [3.8, 4) is 0 Å². The number of aliphatic carboxylic acids is 1. The number of hydrogen-bond donors (Lipinski definition) is 9. The summed E-state index contributed by atoms with van der Waals surface area (Å²) in [5.41, 5.74) is 18.5. The number of aromatic nitrogens is 1. The van der Waals surface area contributed by atoms with E-state index in [1.807, 2.05) is 24.3 Å². The maximum absolute atomic E-state index is 13.8. The highest BCUT2D eigenvalue weighted by atomic mass is 16.4. The minimum Gasteiger partial charge on any atom is -0.480 e. The predicted octanol–water partition coefficient (Wildman–Crippen LogP) is -1.06. The molecule has 15 nitrogen and oxygen atoms in total. The number of para-hydroxylation sites is 1. The summed E-state index contributed by atoms with van der Waals surface area (Å²) in [6.45, 7) is -0.0302. The standard InChI is InChI=1S/C32H42N8O7/c33-13-7-6-12-23(32(46)47)38-31(45)26(16-27(35)41)40-30(44)25(15-20-18-36-22-11-5-4-10-21(20)22)39-29(43)24(37-28(42)17-34)14-19-8-2-1-3-9-19/h1-5,8-11,18,23-26,36H,6-7,12-17,33-34H2,(H2,35,41)(H,37,42)(H,38,45)(H,39,43)(H,40,44)(H,46,47)/t23-,24-,25-,26-/m0/s1. The topological polar surface area (TPSA) is 265 Å². The van der Waals surface area contributed by atoms with Crippen LogP contribution in [0.3, 0.4) is 0 Å². The smallest absolute Gasteiger partial charge is 0.326 e. The highest BCUT2D eigenvalue weighted by molar-refractivity contribution is 5.97. The van der Waals surface area contributed by atoms with Gasteiger partial charge in [0.1, 0.15) is 24.2 Å². The minimum absolute atomic E-state index is 0.0494. The van der Waals surface area contributed by atoms with Gasteiger partial charge in [-0.05, 0) is 43.0 Å². The molecule has 12 N–H and O–H groups in total. The zero-order chi connectivity index (χ0) is 34.3. The SMILES string of the molecule is NCCCC[C@H](NC(=O)[C@H](CC(N)=O)NC(=O)[C@H](Cc1c[nH]c2ccccc12)NC(=O)[C@H](Cc1ccccc1)NC(=O)CN)C(=O)O. The molecule has 0 saturated carbocycles. The van der Waals surface area contributed by atoms with E-state index >= 15 is 0 Å². The fourth-order valence-corrected chi connectivity index (χ4v) is 5.02. The van der Waals surface area contributed by atoms with Gasteiger partial charge in [0.05, 0.1) is 13.0 Å². The molecule has 252 valence electrons. The molecule has 5 amide bonds. The Morgan fingerprint density at radius 2 is 1.32 bits per heavy atom. The molecule has 1 aromatic heterocycles. The third-order valence-electron chi connectivity index (χ3n) is 7.45. The zero-order valence-electron chi connectivity index (χ0n) is 25.9. The second-order valence-corrected chi connectivity index (χ2v) is 11.1. The maximum Gasteiger partial charge on any atom is 0.326 e. The molecule has 0 radical (unpaired) electrons. The second kappa shape index (κ2) is 18.0. The Morgan fingerprint density at radius 1 is 0.723 bits per heavy atom. The zero-order valence-corrected chi connectivity index (χ0v) is 25.9. The molecule has 0 fully saturated rings. The van der Waals surface area contributed by atoms with Crippen LogP contribution in [0.2, 0.25) is 0 Å². The number of rotatable bonds is 19. The van der Waals surface area contributed by atoms with Crippen LogP contribution in [0.25, 0.3) is 10.9 Å². The number of H-pyrrole nitrogens is 1. The number of nitrogens with two attached hydrogens (primary N) is 3. The van der Waals surface area contributed by atoms with E-state index < -0.39 is 66.1 Å². The fraction of sp³-hybridized carbons (Fsp3) is 0.375. The highest BCUT2D eigenvalue weighted by Crippen LogP contribution is 2.19. The number of primary amides is 1. The van der Waals surface area contributed by atoms with E-state index in [1.54, 1.807) is 36.5 Å². The molecule has 0 aliphatic rings. The Morgan fingerprint density at radius 3 is 1.96 bits per heavy atom. The number of hydrogen-bond acceptors (Lipinski definition) is 8. The molecule has 0 unspecified atom stereocenters. The van der Waals surface area contributed by atoms with Crippen molar-refractivity contribution < 1.29 is 33.9 Å². The molecule has 0 spiro atoms. The van der Waals surface area contributed by atoms with Crippen molar-refractivity contribution in [1.29, 1.82) is 0 Å². The monoisotopic (exact) mass is 650 g/mol. The maximum atomic E-state index is 13.8. The molecule has 0 aliphatic carbocycles. The van der Waals surface area contributed by atoms with Gasteiger partial charge in [0.15, 0.2) is 0 Å². The van der Waals surface area contributed by atoms with Crippen LogP contribution >= 0.6 is 0 Å². The normalized spacial score (nSPS) is 13.5. The van der Waals surface area contributed by atoms with Gasteiger partial charge in [-0.2, -0.15) is 0 Å². The van der Waals surface area contributed by atoms with Gasteiger partial charge in [-0.15, -0.1) is 0 Å². The molecule has 2 aromatic carbocycles. The first-order valence-corrected chi connectivity index (χ1v) is 15.2. The number of carboxylic acid groups (broad SMARTS) is 1. The molecule has 47 heavy (non-hydrogen) atoms. The first kappa shape index (κ1) is 36.2. The Kier molecular flexibility index (Phi) is 13.9. The molecule has 3 rings (SSSR count). The number of carbonyl (C=O) groups is 6. The summed E-state index contributed by atoms with van der Waals surface area (Å²) in [7, 11) is 0. The number of carbonyl (C=O) groups excluding carboxylic acids is 5. The Hall–Kier alpha value is -5.28. The summed E-state index contributed by atoms with van der Waals surface area (Å²) in [4.78, 5) is 79.7. The van der Waals surface area contributed by atoms with Gasteiger partial charge in [0.2, 0.25) is 29.5 Å². The van der Waals surface area contributed by atoms with Crippen LogP contribution in [0.4, 0.5) is 0 Å². The summed E-state index contributed by atoms with van der Waals surface area (Å²) in [5, 5.41) is 20.5. The van der Waals surface area contributed by atoms with Crippen molar-refractivity contribution in [1.82, 2.24) is 26.3 Å². The van der Waals surface area contributed by atoms with Gasteiger partial charge in [0.25, 0.3) is 0 Å². The van der Waals surface area contributed by atoms with E-state index in [0.717, 1.165) is 16.5 Å². The number of carboxylic acids is 1. The quantitative estimate of drug-likeness (QED) is 0.0715. The lowest BCUT2D eigenvalue weighted by Crippen LogP contribution is -2.59. The van der Waals surface area contributed by atoms with Crippen molar-refractivity contribution in [3.63, 3.8) is 0 Å². The van der Waals surface area contributed by atoms with Gasteiger partial charge in [-0.25, -0.2) is 4.79 Å². The van der Waals surface area contributed by atoms with Crippen LogP contribution in [0.15, 0.2) is 60.8 Å². The third-order valence-corrected chi connectivity index (χ3v) is 7.45. The highest BCUT2D eigenvalue weighted by Gasteiger charge is 2.32. The molecular formula is C32H42N8O7. The van der Waals surface area contributed by atoms with E-state index in [0.29, 0.717) is 24.9 Å². The molecule has 0 aliphatic heterocycles. The van der Waals surface area contributed by atoms with E-state index in [1.165, 1.54) is 0 Å². The van der Waals surface area contributed by atoms with Crippen LogP contribution in [0.1, 0.15) is 36.8 Å². The first-order chi connectivity index (χ1) is 22.5. The molecule has 0 bridgehead atoms. The van der Waals surface area contributed by atoms with Crippen LogP contribution in [0, 0.1) is 0 Å². The Balaban J connectivity index is 1.89. The fourth-order valence-electron chi connectivity index (χ4n) is 5.02. The minimum atomic E-state index is -1.55. The van der Waals surface area contributed by atoms with Gasteiger partial charge < -0.3 is 48.6 Å². The molecule has 1 heterocycles. The van der Waals surface area contributed by atoms with E-state index in [4.69, 9.17) is 17.2 Å². The average molecular weight is 651 g/mol. The van der Waals surface area contributed by atoms with Gasteiger partial charge >= 0.3 is 5.97 Å². The molecule has 4 atom stereocenters. The Bertz CT molecular complexity index is 1540. The lowest BCUT2D eigenvalue weighted by Gasteiger charge is -2.26. The molecular weight excluding hydrogens is 608 g/mol. The molecule has 3 aromatic rings. The summed E-state index contributed by atoms with van der Waals surface area (Å²) in [6, 6.07) is 11.0. The number of amides is 5. The summed E-state index contributed by atoms with van der Waals surface area (Å²) >= 11 is 0. The van der Waals surface area contributed by atoms with Crippen molar-refractivity contribution >= 4 is 46.4 Å². The largest absolute Gasteiger partial charge is 0.480 e. The van der Waals surface area contributed by atoms with Crippen molar-refractivity contribution in [2.24, 2.45) is 17.2 Å². The summed E-state index contributed by atoms with van der Waals surface area (Å²) in [5.74, 6) is -5.29. The van der Waals surface area contributed by atoms with Crippen molar-refractivity contribution in [3.05, 3.63) is 71.9 Å². The van der Waals surface area contributed by atoms with E-state index in [9.17, 15) is 33.9 Å². The van der Waals surface area contributed by atoms with Gasteiger partial charge in [-0.1, -0.05) is 48.5 Å². The van der Waals surface area contributed by atoms with Gasteiger partial charge in [0, 0.05) is 29.9 Å². The van der Waals surface area contributed by atoms with Crippen LogP contribution in [-0.2, 0) is 41.6 Å². The van der Waals surface area contributed by atoms with Gasteiger partial charge in [-0.3, -0.25) is 24.0 Å². The number of fused-ring (bicyclic) bond motifs is 1. The lowest BCUT2D eigenvalue weighted by molar-refractivity contribution is -0.142. The first-order valence-electron chi connectivity index (χ1n) is 15.2. The van der Waals surface area contributed by atoms with Crippen LogP contribution < -0.4 is 38.5 Å². The predicted molar refractivity (Wildman–Crippen MR) is 173 cm³/mol. The van der Waals surface area contributed by atoms with E-state index in [-0.39, 0.29) is 25.8 Å². The number of nitrogens with one attached hydrogen (secondary N) is 5. The van der Waals surface area contributed by atoms with Crippen LogP contribution in [0.5, 0.6) is 0 Å². The summed E-state index contributed by atoms with van der Waals surface area (Å²) in [6.07, 6.45) is 2.12. The average Bonchev–Trinajstić information content (AvgIpc) is 3.46. The Labute approximate surface area is 271 Å². The number of benzene rings is 2. The van der Waals surface area contributed by atoms with E-state index in [2.05, 4.69) is 26.3 Å². The van der Waals surface area contributed by atoms with Crippen molar-refractivity contribution in [2.75, 3.05) is 13.1 Å². The third kappa shape index (κ3) is 11.2. The molecule has 15 heteroatoms. The second-order valence-electron chi connectivity index (χ2n) is 11.1. The molecule has 0 saturated heterocycles. The lowest BCUT2D eigenvalue weighted by atomic mass is 10.0. The van der Waals surface area contributed by atoms with Crippen LogP contribution in [-0.4, -0.2) is 82.9 Å². The number of unbranched alkanes of at least 4 members (excludes halogenated alkanes) is 1. The summed E-state index contributed by atoms with van der Waals surface area (Å²) < 4.78 is 0. The number of aromatic amines is 1. The van der Waals surface area contributed by atoms with Crippen molar-refractivity contribution in [2.45, 2.75) is 62.7 Å².